The lowest BCUT2D eigenvalue weighted by Crippen LogP contribution is -2.38. The minimum Gasteiger partial charge on any atom is -0.493 e. The number of carbonyl (C=O) groups excluding carboxylic acids is 1. The summed E-state index contributed by atoms with van der Waals surface area (Å²) in [4.78, 5) is 19.8. The molecule has 1 aliphatic heterocycles. The molecule has 3 heterocycles. The number of fused-ring (bicyclic) bond motifs is 2. The van der Waals surface area contributed by atoms with Gasteiger partial charge >= 0.3 is 0 Å². The average Bonchev–Trinajstić information content (AvgIpc) is 3.05. The molecule has 1 aromatic carbocycles. The summed E-state index contributed by atoms with van der Waals surface area (Å²) in [6.45, 7) is 6.92. The van der Waals surface area contributed by atoms with Crippen molar-refractivity contribution in [1.29, 1.82) is 0 Å². The van der Waals surface area contributed by atoms with Crippen molar-refractivity contribution in [3.8, 4) is 11.5 Å². The molecule has 31 heavy (non-hydrogen) atoms. The molecule has 1 amide bonds. The Morgan fingerprint density at radius 2 is 1.84 bits per heavy atom. The fourth-order valence-electron chi connectivity index (χ4n) is 4.30. The third-order valence-electron chi connectivity index (χ3n) is 5.85. The zero-order chi connectivity index (χ0) is 22.1. The van der Waals surface area contributed by atoms with E-state index in [4.69, 9.17) is 9.47 Å². The number of carbonyl (C=O) groups is 1. The highest BCUT2D eigenvalue weighted by atomic mass is 16.5. The molecule has 0 atom stereocenters. The van der Waals surface area contributed by atoms with Crippen molar-refractivity contribution in [2.24, 2.45) is 7.05 Å². The summed E-state index contributed by atoms with van der Waals surface area (Å²) < 4.78 is 12.6. The molecule has 0 bridgehead atoms. The van der Waals surface area contributed by atoms with Crippen LogP contribution >= 0.6 is 0 Å². The third kappa shape index (κ3) is 4.07. The number of aromatic nitrogens is 3. The molecule has 0 saturated carbocycles. The minimum atomic E-state index is -0.0876. The zero-order valence-electron chi connectivity index (χ0n) is 18.8. The Bertz CT molecular complexity index is 1140. The number of nitrogens with zero attached hydrogens (tertiary/aromatic N) is 4. The number of methoxy groups -OCH3 is 2. The van der Waals surface area contributed by atoms with E-state index in [1.807, 2.05) is 27.0 Å². The zero-order valence-corrected chi connectivity index (χ0v) is 18.8. The van der Waals surface area contributed by atoms with Gasteiger partial charge in [-0.1, -0.05) is 0 Å². The second-order valence-electron chi connectivity index (χ2n) is 7.98. The number of ether oxygens (including phenoxy) is 2. The van der Waals surface area contributed by atoms with E-state index < -0.39 is 0 Å². The summed E-state index contributed by atoms with van der Waals surface area (Å²) in [6.07, 6.45) is 0.947. The summed E-state index contributed by atoms with van der Waals surface area (Å²) >= 11 is 0. The van der Waals surface area contributed by atoms with Gasteiger partial charge in [-0.15, -0.1) is 0 Å². The van der Waals surface area contributed by atoms with E-state index in [-0.39, 0.29) is 5.91 Å². The van der Waals surface area contributed by atoms with Gasteiger partial charge in [0.2, 0.25) is 0 Å². The first-order valence-electron chi connectivity index (χ1n) is 10.5. The molecule has 0 radical (unpaired) electrons. The van der Waals surface area contributed by atoms with Gasteiger partial charge in [-0.2, -0.15) is 5.10 Å². The smallest absolute Gasteiger partial charge is 0.252 e. The molecule has 2 aromatic heterocycles. The van der Waals surface area contributed by atoms with Crippen molar-refractivity contribution >= 4 is 16.9 Å². The lowest BCUT2D eigenvalue weighted by atomic mass is 9.99. The second kappa shape index (κ2) is 8.55. The highest BCUT2D eigenvalue weighted by Gasteiger charge is 2.21. The van der Waals surface area contributed by atoms with E-state index in [0.29, 0.717) is 12.1 Å². The number of nitrogens with one attached hydrogen (secondary N) is 1. The number of amides is 1. The minimum absolute atomic E-state index is 0.0876. The molecule has 1 aliphatic rings. The topological polar surface area (TPSA) is 81.5 Å². The Balaban J connectivity index is 1.42. The molecule has 164 valence electrons. The molecule has 3 aromatic rings. The van der Waals surface area contributed by atoms with Gasteiger partial charge in [-0.25, -0.2) is 4.98 Å². The molecule has 0 unspecified atom stereocenters. The molecule has 8 heteroatoms. The van der Waals surface area contributed by atoms with Crippen molar-refractivity contribution in [2.75, 3.05) is 33.9 Å². The number of hydrogen-bond donors (Lipinski definition) is 1. The van der Waals surface area contributed by atoms with E-state index in [1.54, 1.807) is 18.9 Å². The first-order valence-corrected chi connectivity index (χ1v) is 10.5. The van der Waals surface area contributed by atoms with Crippen molar-refractivity contribution in [1.82, 2.24) is 25.0 Å². The predicted molar refractivity (Wildman–Crippen MR) is 119 cm³/mol. The van der Waals surface area contributed by atoms with Crippen LogP contribution < -0.4 is 14.8 Å². The molecule has 8 nitrogen and oxygen atoms in total. The monoisotopic (exact) mass is 423 g/mol. The lowest BCUT2D eigenvalue weighted by Gasteiger charge is -2.29. The number of pyridine rings is 1. The summed E-state index contributed by atoms with van der Waals surface area (Å²) in [5.74, 6) is 1.43. The summed E-state index contributed by atoms with van der Waals surface area (Å²) in [5, 5.41) is 8.32. The maximum absolute atomic E-state index is 12.9. The highest BCUT2D eigenvalue weighted by Crippen LogP contribution is 2.33. The van der Waals surface area contributed by atoms with Gasteiger partial charge in [0.1, 0.15) is 0 Å². The van der Waals surface area contributed by atoms with E-state index in [2.05, 4.69) is 32.4 Å². The van der Waals surface area contributed by atoms with Gasteiger partial charge in [-0.05, 0) is 49.6 Å². The standard InChI is InChI=1S/C23H29N5O3/c1-14-10-18(21-15(2)26-27(3)22(21)25-14)23(29)24-7-9-28-8-6-16-11-19(30-4)20(31-5)12-17(16)13-28/h10-12H,6-9,13H2,1-5H3,(H,24,29). The highest BCUT2D eigenvalue weighted by molar-refractivity contribution is 6.06. The van der Waals surface area contributed by atoms with E-state index in [0.717, 1.165) is 60.0 Å². The van der Waals surface area contributed by atoms with Crippen LogP contribution in [-0.4, -0.2) is 59.4 Å². The Kier molecular flexibility index (Phi) is 5.82. The van der Waals surface area contributed by atoms with Crippen LogP contribution in [0.3, 0.4) is 0 Å². The molecular weight excluding hydrogens is 394 g/mol. The Morgan fingerprint density at radius 1 is 1.13 bits per heavy atom. The molecular formula is C23H29N5O3. The first-order chi connectivity index (χ1) is 14.9. The molecule has 0 saturated heterocycles. The van der Waals surface area contributed by atoms with Gasteiger partial charge < -0.3 is 14.8 Å². The van der Waals surface area contributed by atoms with Crippen molar-refractivity contribution in [2.45, 2.75) is 26.8 Å². The Morgan fingerprint density at radius 3 is 2.55 bits per heavy atom. The summed E-state index contributed by atoms with van der Waals surface area (Å²) in [7, 11) is 5.16. The SMILES string of the molecule is COc1cc2c(cc1OC)CN(CCNC(=O)c1cc(C)nc3c1c(C)nn3C)CC2. The van der Waals surface area contributed by atoms with Gasteiger partial charge in [0, 0.05) is 38.9 Å². The predicted octanol–water partition coefficient (Wildman–Crippen LogP) is 2.39. The first kappa shape index (κ1) is 21.1. The second-order valence-corrected chi connectivity index (χ2v) is 7.98. The molecule has 0 fully saturated rings. The van der Waals surface area contributed by atoms with E-state index in [1.165, 1.54) is 11.1 Å². The molecule has 1 N–H and O–H groups in total. The maximum Gasteiger partial charge on any atom is 0.252 e. The van der Waals surface area contributed by atoms with Gasteiger partial charge in [0.15, 0.2) is 17.1 Å². The number of benzene rings is 1. The Hall–Kier alpha value is -3.13. The average molecular weight is 424 g/mol. The fourth-order valence-corrected chi connectivity index (χ4v) is 4.30. The van der Waals surface area contributed by atoms with Crippen LogP contribution in [-0.2, 0) is 20.0 Å². The fraction of sp³-hybridized carbons (Fsp3) is 0.435. The van der Waals surface area contributed by atoms with E-state index in [9.17, 15) is 4.79 Å². The van der Waals surface area contributed by atoms with Crippen molar-refractivity contribution in [3.05, 3.63) is 46.3 Å². The van der Waals surface area contributed by atoms with Crippen LogP contribution in [0.25, 0.3) is 11.0 Å². The molecule has 4 rings (SSSR count). The quantitative estimate of drug-likeness (QED) is 0.656. The van der Waals surface area contributed by atoms with Crippen LogP contribution in [0.5, 0.6) is 11.5 Å². The number of hydrogen-bond acceptors (Lipinski definition) is 6. The number of rotatable bonds is 6. The normalized spacial score (nSPS) is 13.8. The van der Waals surface area contributed by atoms with Gasteiger partial charge in [0.05, 0.1) is 30.9 Å². The molecule has 0 spiro atoms. The van der Waals surface area contributed by atoms with Crippen LogP contribution in [0.1, 0.15) is 32.9 Å². The van der Waals surface area contributed by atoms with Crippen molar-refractivity contribution in [3.63, 3.8) is 0 Å². The van der Waals surface area contributed by atoms with Gasteiger partial charge in [-0.3, -0.25) is 14.4 Å². The van der Waals surface area contributed by atoms with Crippen molar-refractivity contribution < 1.29 is 14.3 Å². The van der Waals surface area contributed by atoms with Crippen LogP contribution in [0.2, 0.25) is 0 Å². The lowest BCUT2D eigenvalue weighted by molar-refractivity contribution is 0.0948. The third-order valence-corrected chi connectivity index (χ3v) is 5.85. The Labute approximate surface area is 182 Å². The van der Waals surface area contributed by atoms with Crippen LogP contribution in [0, 0.1) is 13.8 Å². The summed E-state index contributed by atoms with van der Waals surface area (Å²) in [5.41, 5.74) is 5.52. The van der Waals surface area contributed by atoms with Gasteiger partial charge in [0.25, 0.3) is 5.91 Å². The maximum atomic E-state index is 12.9. The van der Waals surface area contributed by atoms with Crippen LogP contribution in [0.4, 0.5) is 0 Å². The summed E-state index contributed by atoms with van der Waals surface area (Å²) in [6, 6.07) is 5.96. The van der Waals surface area contributed by atoms with E-state index >= 15 is 0 Å². The largest absolute Gasteiger partial charge is 0.493 e. The molecule has 0 aliphatic carbocycles. The van der Waals surface area contributed by atoms with Crippen LogP contribution in [0.15, 0.2) is 18.2 Å². The number of aryl methyl sites for hydroxylation is 3.